The second-order valence-corrected chi connectivity index (χ2v) is 6.26. The molecule has 1 heterocycles. The van der Waals surface area contributed by atoms with E-state index in [9.17, 15) is 9.90 Å². The van der Waals surface area contributed by atoms with E-state index in [2.05, 4.69) is 15.7 Å². The molecule has 1 aromatic carbocycles. The number of hydrogen-bond acceptors (Lipinski definition) is 3. The minimum atomic E-state index is -0.434. The number of hydrogen-bond donors (Lipinski definition) is 3. The van der Waals surface area contributed by atoms with Gasteiger partial charge in [-0.05, 0) is 30.0 Å². The largest absolute Gasteiger partial charge is 0.391 e. The third-order valence-electron chi connectivity index (χ3n) is 4.50. The molecule has 3 N–H and O–H groups in total. The number of aliphatic hydroxyl groups excluding tert-OH is 1. The molecule has 0 bridgehead atoms. The molecule has 1 saturated carbocycles. The summed E-state index contributed by atoms with van der Waals surface area (Å²) in [6.07, 6.45) is 6.92. The first kappa shape index (κ1) is 16.5. The molecule has 6 nitrogen and oxygen atoms in total. The van der Waals surface area contributed by atoms with E-state index in [0.29, 0.717) is 13.1 Å². The Morgan fingerprint density at radius 3 is 2.75 bits per heavy atom. The first-order chi connectivity index (χ1) is 11.7. The number of urea groups is 1. The molecular formula is C18H24N4O2. The molecule has 2 aromatic rings. The zero-order chi connectivity index (χ0) is 16.8. The van der Waals surface area contributed by atoms with Crippen LogP contribution in [0.15, 0.2) is 42.7 Å². The molecule has 1 aliphatic rings. The van der Waals surface area contributed by atoms with Crippen LogP contribution in [0.3, 0.4) is 0 Å². The van der Waals surface area contributed by atoms with E-state index in [-0.39, 0.29) is 12.1 Å². The molecule has 1 aromatic heterocycles. The lowest BCUT2D eigenvalue weighted by atomic mass is 9.93. The lowest BCUT2D eigenvalue weighted by Gasteiger charge is -2.28. The molecule has 24 heavy (non-hydrogen) atoms. The van der Waals surface area contributed by atoms with Gasteiger partial charge in [-0.3, -0.25) is 4.68 Å². The van der Waals surface area contributed by atoms with Crippen LogP contribution >= 0.6 is 0 Å². The molecule has 0 saturated heterocycles. The number of carbonyl (C=O) groups is 1. The highest BCUT2D eigenvalue weighted by Crippen LogP contribution is 2.18. The van der Waals surface area contributed by atoms with Gasteiger partial charge in [0.05, 0.1) is 18.7 Å². The zero-order valence-corrected chi connectivity index (χ0v) is 13.7. The van der Waals surface area contributed by atoms with Crippen LogP contribution in [0.1, 0.15) is 36.8 Å². The lowest BCUT2D eigenvalue weighted by molar-refractivity contribution is 0.0943. The van der Waals surface area contributed by atoms with Gasteiger partial charge in [0.15, 0.2) is 0 Å². The Kier molecular flexibility index (Phi) is 5.48. The maximum atomic E-state index is 12.1. The summed E-state index contributed by atoms with van der Waals surface area (Å²) >= 11 is 0. The number of nitrogens with one attached hydrogen (secondary N) is 2. The van der Waals surface area contributed by atoms with Crippen LogP contribution < -0.4 is 10.6 Å². The number of nitrogens with zero attached hydrogens (tertiary/aromatic N) is 2. The molecular weight excluding hydrogens is 304 g/mol. The number of benzene rings is 1. The lowest BCUT2D eigenvalue weighted by Crippen LogP contribution is -2.48. The minimum absolute atomic E-state index is 0.141. The third kappa shape index (κ3) is 4.35. The van der Waals surface area contributed by atoms with Crippen molar-refractivity contribution in [3.63, 3.8) is 0 Å². The molecule has 128 valence electrons. The molecule has 2 atom stereocenters. The van der Waals surface area contributed by atoms with Crippen molar-refractivity contribution in [2.45, 2.75) is 50.9 Å². The molecule has 0 aliphatic heterocycles. The fourth-order valence-electron chi connectivity index (χ4n) is 3.13. The summed E-state index contributed by atoms with van der Waals surface area (Å²) in [4.78, 5) is 12.1. The van der Waals surface area contributed by atoms with Crippen molar-refractivity contribution >= 4 is 6.03 Å². The Bertz CT molecular complexity index is 657. The van der Waals surface area contributed by atoms with Crippen LogP contribution in [-0.4, -0.2) is 33.1 Å². The smallest absolute Gasteiger partial charge is 0.315 e. The fraction of sp³-hybridized carbons (Fsp3) is 0.444. The van der Waals surface area contributed by atoms with Crippen LogP contribution in [0.5, 0.6) is 0 Å². The van der Waals surface area contributed by atoms with Gasteiger partial charge in [0.25, 0.3) is 0 Å². The number of rotatable bonds is 5. The van der Waals surface area contributed by atoms with Gasteiger partial charge in [-0.2, -0.15) is 5.10 Å². The van der Waals surface area contributed by atoms with E-state index in [1.165, 1.54) is 0 Å². The maximum absolute atomic E-state index is 12.1. The summed E-state index contributed by atoms with van der Waals surface area (Å²) in [5, 5.41) is 19.9. The van der Waals surface area contributed by atoms with Crippen LogP contribution in [0, 0.1) is 0 Å². The molecule has 3 rings (SSSR count). The SMILES string of the molecule is O=C(NCc1ccccc1Cn1cccn1)NC1CCCCC1O. The second kappa shape index (κ2) is 7.97. The van der Waals surface area contributed by atoms with Crippen LogP contribution in [0.4, 0.5) is 4.79 Å². The molecule has 1 fully saturated rings. The van der Waals surface area contributed by atoms with Gasteiger partial charge < -0.3 is 15.7 Å². The fourth-order valence-corrected chi connectivity index (χ4v) is 3.13. The monoisotopic (exact) mass is 328 g/mol. The Hall–Kier alpha value is -2.34. The highest BCUT2D eigenvalue weighted by Gasteiger charge is 2.24. The Morgan fingerprint density at radius 2 is 2.00 bits per heavy atom. The first-order valence-electron chi connectivity index (χ1n) is 8.49. The van der Waals surface area contributed by atoms with E-state index >= 15 is 0 Å². The average molecular weight is 328 g/mol. The molecule has 2 unspecified atom stereocenters. The van der Waals surface area contributed by atoms with E-state index in [4.69, 9.17) is 0 Å². The summed E-state index contributed by atoms with van der Waals surface area (Å²) in [5.41, 5.74) is 2.19. The Morgan fingerprint density at radius 1 is 1.21 bits per heavy atom. The summed E-state index contributed by atoms with van der Waals surface area (Å²) in [5.74, 6) is 0. The molecule has 0 spiro atoms. The van der Waals surface area contributed by atoms with Gasteiger partial charge in [0, 0.05) is 18.9 Å². The van der Waals surface area contributed by atoms with E-state index in [0.717, 1.165) is 36.8 Å². The number of aromatic nitrogens is 2. The molecule has 1 aliphatic carbocycles. The van der Waals surface area contributed by atoms with Crippen molar-refractivity contribution in [3.8, 4) is 0 Å². The van der Waals surface area contributed by atoms with E-state index in [1.807, 2.05) is 41.2 Å². The van der Waals surface area contributed by atoms with Gasteiger partial charge in [0.1, 0.15) is 0 Å². The minimum Gasteiger partial charge on any atom is -0.391 e. The van der Waals surface area contributed by atoms with Crippen LogP contribution in [-0.2, 0) is 13.1 Å². The van der Waals surface area contributed by atoms with Crippen molar-refractivity contribution in [1.82, 2.24) is 20.4 Å². The van der Waals surface area contributed by atoms with E-state index in [1.54, 1.807) is 6.20 Å². The first-order valence-corrected chi connectivity index (χ1v) is 8.49. The predicted octanol–water partition coefficient (Wildman–Crippen LogP) is 2.03. The Labute approximate surface area is 141 Å². The Balaban J connectivity index is 1.55. The summed E-state index contributed by atoms with van der Waals surface area (Å²) < 4.78 is 1.86. The highest BCUT2D eigenvalue weighted by molar-refractivity contribution is 5.74. The van der Waals surface area contributed by atoms with Crippen molar-refractivity contribution in [1.29, 1.82) is 0 Å². The summed E-state index contributed by atoms with van der Waals surface area (Å²) in [6.45, 7) is 1.12. The van der Waals surface area contributed by atoms with Gasteiger partial charge in [0.2, 0.25) is 0 Å². The maximum Gasteiger partial charge on any atom is 0.315 e. The topological polar surface area (TPSA) is 79.2 Å². The van der Waals surface area contributed by atoms with Crippen molar-refractivity contribution in [3.05, 3.63) is 53.9 Å². The zero-order valence-electron chi connectivity index (χ0n) is 13.7. The third-order valence-corrected chi connectivity index (χ3v) is 4.50. The number of carbonyl (C=O) groups excluding carboxylic acids is 1. The van der Waals surface area contributed by atoms with Crippen LogP contribution in [0.25, 0.3) is 0 Å². The average Bonchev–Trinajstić information content (AvgIpc) is 3.09. The number of aliphatic hydroxyl groups is 1. The van der Waals surface area contributed by atoms with Gasteiger partial charge in [-0.25, -0.2) is 4.79 Å². The number of amides is 2. The van der Waals surface area contributed by atoms with Crippen molar-refractivity contribution < 1.29 is 9.90 Å². The predicted molar refractivity (Wildman–Crippen MR) is 91.4 cm³/mol. The summed E-state index contributed by atoms with van der Waals surface area (Å²) in [6, 6.07) is 9.53. The molecule has 0 radical (unpaired) electrons. The second-order valence-electron chi connectivity index (χ2n) is 6.26. The molecule has 2 amide bonds. The van der Waals surface area contributed by atoms with Gasteiger partial charge >= 0.3 is 6.03 Å². The standard InChI is InChI=1S/C18H24N4O2/c23-17-9-4-3-8-16(17)21-18(24)19-12-14-6-1-2-7-15(14)13-22-11-5-10-20-22/h1-2,5-7,10-11,16-17,23H,3-4,8-9,12-13H2,(H2,19,21,24). The quantitative estimate of drug-likeness (QED) is 0.786. The molecule has 6 heteroatoms. The van der Waals surface area contributed by atoms with Crippen molar-refractivity contribution in [2.24, 2.45) is 0 Å². The van der Waals surface area contributed by atoms with Crippen LogP contribution in [0.2, 0.25) is 0 Å². The highest BCUT2D eigenvalue weighted by atomic mass is 16.3. The summed E-state index contributed by atoms with van der Waals surface area (Å²) in [7, 11) is 0. The van der Waals surface area contributed by atoms with Gasteiger partial charge in [-0.1, -0.05) is 37.1 Å². The van der Waals surface area contributed by atoms with Crippen molar-refractivity contribution in [2.75, 3.05) is 0 Å². The van der Waals surface area contributed by atoms with E-state index < -0.39 is 6.10 Å². The van der Waals surface area contributed by atoms with Gasteiger partial charge in [-0.15, -0.1) is 0 Å². The normalized spacial score (nSPS) is 20.5.